The zero-order valence-corrected chi connectivity index (χ0v) is 23.4. The Hall–Kier alpha value is -4.47. The molecule has 2 aliphatic heterocycles. The third-order valence-electron chi connectivity index (χ3n) is 9.71. The van der Waals surface area contributed by atoms with Crippen molar-refractivity contribution in [3.8, 4) is 11.5 Å². The van der Waals surface area contributed by atoms with Gasteiger partial charge < -0.3 is 14.9 Å². The number of phenols is 1. The molecule has 2 saturated heterocycles. The minimum absolute atomic E-state index is 0.0134. The van der Waals surface area contributed by atoms with Crippen molar-refractivity contribution >= 4 is 35.3 Å². The van der Waals surface area contributed by atoms with Gasteiger partial charge in [-0.3, -0.25) is 28.9 Å². The lowest BCUT2D eigenvalue weighted by molar-refractivity contribution is -0.142. The third-order valence-corrected chi connectivity index (χ3v) is 9.71. The van der Waals surface area contributed by atoms with Crippen LogP contribution in [0.5, 0.6) is 11.5 Å². The Morgan fingerprint density at radius 2 is 1.74 bits per heavy atom. The molecule has 3 fully saturated rings. The number of ether oxygens (including phenoxy) is 1. The zero-order chi connectivity index (χ0) is 29.9. The lowest BCUT2D eigenvalue weighted by Crippen LogP contribution is -2.48. The fraction of sp³-hybridized carbons (Fsp3) is 0.406. The van der Waals surface area contributed by atoms with E-state index in [2.05, 4.69) is 0 Å². The van der Waals surface area contributed by atoms with E-state index < -0.39 is 41.0 Å². The van der Waals surface area contributed by atoms with Gasteiger partial charge in [0.05, 0.1) is 36.0 Å². The van der Waals surface area contributed by atoms with E-state index in [1.165, 1.54) is 16.9 Å². The average Bonchev–Trinajstić information content (AvgIpc) is 3.33. The van der Waals surface area contributed by atoms with Crippen molar-refractivity contribution in [2.24, 2.45) is 29.1 Å². The maximum atomic E-state index is 14.4. The Morgan fingerprint density at radius 1 is 1.00 bits per heavy atom. The van der Waals surface area contributed by atoms with Crippen LogP contribution in [-0.2, 0) is 24.0 Å². The van der Waals surface area contributed by atoms with Crippen LogP contribution in [0.4, 0.5) is 5.69 Å². The summed E-state index contributed by atoms with van der Waals surface area (Å²) < 4.78 is 5.39. The monoisotopic (exact) mass is 572 g/mol. The predicted octanol–water partition coefficient (Wildman–Crippen LogP) is 3.50. The summed E-state index contributed by atoms with van der Waals surface area (Å²) in [5, 5.41) is 20.4. The first kappa shape index (κ1) is 27.7. The molecular weight excluding hydrogens is 540 g/mol. The van der Waals surface area contributed by atoms with E-state index in [1.807, 2.05) is 6.08 Å². The Morgan fingerprint density at radius 3 is 2.43 bits per heavy atom. The molecule has 6 atom stereocenters. The van der Waals surface area contributed by atoms with Gasteiger partial charge in [-0.15, -0.1) is 0 Å². The van der Waals surface area contributed by atoms with Gasteiger partial charge in [0.2, 0.25) is 23.6 Å². The number of allylic oxidation sites excluding steroid dienone is 2. The number of carboxylic acid groups (broad SMARTS) is 1. The summed E-state index contributed by atoms with van der Waals surface area (Å²) in [5.74, 6) is -5.86. The SMILES string of the molecule is COc1cccc([C@H]2C3=CC[C@@H]4C(=O)N(CCCC(=O)O)C(=O)[C@@H]4[C@@H]3C[C@H]3C(=O)N(c4ccccc4)C(=O)[C@@]23C)c1O. The van der Waals surface area contributed by atoms with Gasteiger partial charge in [-0.05, 0) is 50.3 Å². The van der Waals surface area contributed by atoms with Crippen LogP contribution in [0.2, 0.25) is 0 Å². The quantitative estimate of drug-likeness (QED) is 0.379. The fourth-order valence-corrected chi connectivity index (χ4v) is 7.79. The van der Waals surface area contributed by atoms with E-state index in [0.29, 0.717) is 11.3 Å². The molecule has 2 aromatic rings. The van der Waals surface area contributed by atoms with E-state index in [4.69, 9.17) is 9.84 Å². The van der Waals surface area contributed by atoms with Gasteiger partial charge in [0.15, 0.2) is 11.5 Å². The molecule has 2 aliphatic carbocycles. The number of aliphatic carboxylic acids is 1. The van der Waals surface area contributed by atoms with E-state index in [-0.39, 0.29) is 67.4 Å². The lowest BCUT2D eigenvalue weighted by Gasteiger charge is -2.49. The maximum absolute atomic E-state index is 14.4. The first-order chi connectivity index (χ1) is 20.1. The number of hydrogen-bond donors (Lipinski definition) is 2. The Bertz CT molecular complexity index is 1530. The second-order valence-corrected chi connectivity index (χ2v) is 11.7. The maximum Gasteiger partial charge on any atom is 0.303 e. The summed E-state index contributed by atoms with van der Waals surface area (Å²) in [6.45, 7) is 1.77. The number of carbonyl (C=O) groups is 5. The molecule has 6 rings (SSSR count). The first-order valence-electron chi connectivity index (χ1n) is 14.2. The molecule has 0 radical (unpaired) electrons. The molecular formula is C32H32N2O8. The van der Waals surface area contributed by atoms with Crippen molar-refractivity contribution in [3.05, 3.63) is 65.7 Å². The number of rotatable bonds is 7. The number of methoxy groups -OCH3 is 1. The Labute approximate surface area is 242 Å². The normalized spacial score (nSPS) is 30.1. The van der Waals surface area contributed by atoms with E-state index in [1.54, 1.807) is 55.5 Å². The van der Waals surface area contributed by atoms with Crippen LogP contribution in [0.25, 0.3) is 0 Å². The van der Waals surface area contributed by atoms with Gasteiger partial charge >= 0.3 is 5.97 Å². The van der Waals surface area contributed by atoms with Gasteiger partial charge in [0, 0.05) is 24.4 Å². The van der Waals surface area contributed by atoms with Crippen LogP contribution in [0, 0.1) is 29.1 Å². The predicted molar refractivity (Wildman–Crippen MR) is 149 cm³/mol. The lowest BCUT2D eigenvalue weighted by atomic mass is 9.51. The van der Waals surface area contributed by atoms with Crippen molar-refractivity contribution < 1.29 is 38.9 Å². The molecule has 0 unspecified atom stereocenters. The number of anilines is 1. The van der Waals surface area contributed by atoms with Crippen molar-refractivity contribution in [3.63, 3.8) is 0 Å². The summed E-state index contributed by atoms with van der Waals surface area (Å²) in [5.41, 5.74) is 0.340. The van der Waals surface area contributed by atoms with Gasteiger partial charge in [-0.1, -0.05) is 42.0 Å². The highest BCUT2D eigenvalue weighted by Crippen LogP contribution is 2.64. The topological polar surface area (TPSA) is 142 Å². The van der Waals surface area contributed by atoms with E-state index >= 15 is 0 Å². The molecule has 42 heavy (non-hydrogen) atoms. The number of hydrogen-bond acceptors (Lipinski definition) is 7. The van der Waals surface area contributed by atoms with Crippen LogP contribution in [-0.4, -0.2) is 58.4 Å². The Balaban J connectivity index is 1.47. The summed E-state index contributed by atoms with van der Waals surface area (Å²) in [6.07, 6.45) is 2.36. The first-order valence-corrected chi connectivity index (χ1v) is 14.2. The number of fused-ring (bicyclic) bond motifs is 4. The highest BCUT2D eigenvalue weighted by Gasteiger charge is 2.67. The second kappa shape index (κ2) is 10.1. The largest absolute Gasteiger partial charge is 0.504 e. The molecule has 0 spiro atoms. The highest BCUT2D eigenvalue weighted by molar-refractivity contribution is 6.24. The van der Waals surface area contributed by atoms with Gasteiger partial charge in [0.1, 0.15) is 0 Å². The number of para-hydroxylation sites is 2. The molecule has 0 aromatic heterocycles. The smallest absolute Gasteiger partial charge is 0.303 e. The molecule has 2 aromatic carbocycles. The average molecular weight is 573 g/mol. The number of amides is 4. The molecule has 10 nitrogen and oxygen atoms in total. The number of nitrogens with zero attached hydrogens (tertiary/aromatic N) is 2. The van der Waals surface area contributed by atoms with Crippen molar-refractivity contribution in [1.82, 2.24) is 4.90 Å². The van der Waals surface area contributed by atoms with Crippen molar-refractivity contribution in [1.29, 1.82) is 0 Å². The third kappa shape index (κ3) is 3.88. The van der Waals surface area contributed by atoms with Crippen molar-refractivity contribution in [2.45, 2.75) is 38.5 Å². The van der Waals surface area contributed by atoms with Crippen LogP contribution in [0.3, 0.4) is 0 Å². The second-order valence-electron chi connectivity index (χ2n) is 11.7. The standard InChI is InChI=1S/C32H32N2O8/c1-32-22(29(39)34(31(32)41)17-8-4-3-5-9-17)16-21-18(26(32)20-10-6-11-23(42-2)27(20)37)13-14-19-25(21)30(40)33(28(19)38)15-7-12-24(35)36/h3-6,8-11,13,19,21-22,25-26,37H,7,12,14-16H2,1-2H3,(H,35,36)/t19-,21+,22-,25-,26+,32+/m0/s1. The number of benzene rings is 2. The molecule has 218 valence electrons. The summed E-state index contributed by atoms with van der Waals surface area (Å²) >= 11 is 0. The molecule has 1 saturated carbocycles. The van der Waals surface area contributed by atoms with Crippen LogP contribution >= 0.6 is 0 Å². The van der Waals surface area contributed by atoms with Crippen LogP contribution in [0.1, 0.15) is 44.1 Å². The van der Waals surface area contributed by atoms with Gasteiger partial charge in [0.25, 0.3) is 0 Å². The summed E-state index contributed by atoms with van der Waals surface area (Å²) in [4.78, 5) is 69.1. The summed E-state index contributed by atoms with van der Waals surface area (Å²) in [6, 6.07) is 13.7. The number of carbonyl (C=O) groups excluding carboxylic acids is 4. The van der Waals surface area contributed by atoms with E-state index in [0.717, 1.165) is 5.57 Å². The molecule has 0 bridgehead atoms. The minimum Gasteiger partial charge on any atom is -0.504 e. The number of imide groups is 2. The minimum atomic E-state index is -1.28. The number of likely N-dealkylation sites (tertiary alicyclic amines) is 1. The zero-order valence-electron chi connectivity index (χ0n) is 23.4. The van der Waals surface area contributed by atoms with Gasteiger partial charge in [-0.2, -0.15) is 0 Å². The van der Waals surface area contributed by atoms with Crippen LogP contribution in [0.15, 0.2) is 60.2 Å². The number of carboxylic acids is 1. The fourth-order valence-electron chi connectivity index (χ4n) is 7.79. The summed E-state index contributed by atoms with van der Waals surface area (Å²) in [7, 11) is 1.43. The van der Waals surface area contributed by atoms with Gasteiger partial charge in [-0.25, -0.2) is 4.90 Å². The highest BCUT2D eigenvalue weighted by atomic mass is 16.5. The molecule has 4 aliphatic rings. The number of phenolic OH excluding ortho intramolecular Hbond substituents is 1. The van der Waals surface area contributed by atoms with Crippen LogP contribution < -0.4 is 9.64 Å². The van der Waals surface area contributed by atoms with E-state index in [9.17, 15) is 29.1 Å². The Kier molecular flexibility index (Phi) is 6.67. The molecule has 4 amide bonds. The van der Waals surface area contributed by atoms with Crippen molar-refractivity contribution in [2.75, 3.05) is 18.6 Å². The molecule has 2 heterocycles. The molecule has 10 heteroatoms. The number of aromatic hydroxyl groups is 1. The molecule has 2 N–H and O–H groups in total.